The van der Waals surface area contributed by atoms with Gasteiger partial charge < -0.3 is 4.98 Å². The van der Waals surface area contributed by atoms with E-state index >= 15 is 0 Å². The maximum Gasteiger partial charge on any atom is 0.281 e. The molecule has 0 aliphatic carbocycles. The van der Waals surface area contributed by atoms with Gasteiger partial charge in [0.2, 0.25) is 0 Å². The number of benzene rings is 1. The molecule has 0 fully saturated rings. The largest absolute Gasteiger partial charge is 0.317 e. The Morgan fingerprint density at radius 1 is 1.33 bits per heavy atom. The molecule has 1 amide bonds. The molecule has 0 aliphatic heterocycles. The van der Waals surface area contributed by atoms with E-state index in [4.69, 9.17) is 5.84 Å². The Hall–Kier alpha value is -2.14. The molecule has 1 heterocycles. The Kier molecular flexibility index (Phi) is 2.23. The number of nitrogen functional groups attached to an aromatic ring is 1. The first kappa shape index (κ1) is 9.42. The summed E-state index contributed by atoms with van der Waals surface area (Å²) in [5.74, 6) is 4.46. The van der Waals surface area contributed by atoms with Crippen molar-refractivity contribution in [3.8, 4) is 0 Å². The van der Waals surface area contributed by atoms with Crippen molar-refractivity contribution < 1.29 is 4.79 Å². The molecule has 5 heteroatoms. The highest BCUT2D eigenvalue weighted by Gasteiger charge is 2.06. The number of aromatic amines is 1. The molecule has 76 valence electrons. The van der Waals surface area contributed by atoms with Crippen molar-refractivity contribution in [3.05, 3.63) is 46.4 Å². The van der Waals surface area contributed by atoms with Crippen molar-refractivity contribution in [3.63, 3.8) is 0 Å². The molecule has 0 unspecified atom stereocenters. The van der Waals surface area contributed by atoms with Gasteiger partial charge in [-0.2, -0.15) is 0 Å². The van der Waals surface area contributed by atoms with Crippen LogP contribution >= 0.6 is 0 Å². The summed E-state index contributed by atoms with van der Waals surface area (Å²) >= 11 is 0. The molecule has 0 spiro atoms. The van der Waals surface area contributed by atoms with Crippen LogP contribution in [0.3, 0.4) is 0 Å². The predicted molar refractivity (Wildman–Crippen MR) is 56.2 cm³/mol. The minimum atomic E-state index is -0.516. The van der Waals surface area contributed by atoms with Gasteiger partial charge in [0.15, 0.2) is 0 Å². The van der Waals surface area contributed by atoms with E-state index in [-0.39, 0.29) is 11.3 Å². The van der Waals surface area contributed by atoms with E-state index in [1.165, 1.54) is 0 Å². The average molecular weight is 203 g/mol. The van der Waals surface area contributed by atoms with Gasteiger partial charge in [-0.3, -0.25) is 15.0 Å². The van der Waals surface area contributed by atoms with Crippen LogP contribution in [0.2, 0.25) is 0 Å². The van der Waals surface area contributed by atoms with Crippen molar-refractivity contribution in [2.75, 3.05) is 0 Å². The molecule has 0 radical (unpaired) electrons. The Morgan fingerprint density at radius 3 is 2.80 bits per heavy atom. The average Bonchev–Trinajstić information content (AvgIpc) is 2.28. The van der Waals surface area contributed by atoms with Crippen LogP contribution in [0.4, 0.5) is 0 Å². The van der Waals surface area contributed by atoms with Gasteiger partial charge in [0, 0.05) is 5.39 Å². The van der Waals surface area contributed by atoms with Crippen LogP contribution in [-0.4, -0.2) is 10.9 Å². The highest BCUT2D eigenvalue weighted by molar-refractivity contribution is 5.95. The van der Waals surface area contributed by atoms with Crippen molar-refractivity contribution in [1.82, 2.24) is 10.4 Å². The fourth-order valence-electron chi connectivity index (χ4n) is 1.41. The van der Waals surface area contributed by atoms with Gasteiger partial charge >= 0.3 is 0 Å². The second kappa shape index (κ2) is 3.55. The van der Waals surface area contributed by atoms with Crippen molar-refractivity contribution in [1.29, 1.82) is 0 Å². The van der Waals surface area contributed by atoms with Crippen molar-refractivity contribution in [2.24, 2.45) is 5.84 Å². The Balaban J connectivity index is 2.73. The predicted octanol–water partition coefficient (Wildman–Crippen LogP) is 0.132. The van der Waals surface area contributed by atoms with E-state index in [0.29, 0.717) is 10.8 Å². The molecular formula is C10H9N3O2. The number of rotatable bonds is 1. The standard InChI is InChI=1S/C10H9N3O2/c11-13-10(15)8-5-6-3-1-2-4-7(6)9(14)12-8/h1-5H,11H2,(H,12,14)(H,13,15). The first-order valence-electron chi connectivity index (χ1n) is 4.35. The third-order valence-corrected chi connectivity index (χ3v) is 2.13. The van der Waals surface area contributed by atoms with E-state index in [0.717, 1.165) is 0 Å². The number of fused-ring (bicyclic) bond motifs is 1. The smallest absolute Gasteiger partial charge is 0.281 e. The second-order valence-electron chi connectivity index (χ2n) is 3.07. The molecular weight excluding hydrogens is 194 g/mol. The van der Waals surface area contributed by atoms with Crippen molar-refractivity contribution >= 4 is 16.7 Å². The summed E-state index contributed by atoms with van der Waals surface area (Å²) in [5.41, 5.74) is 1.82. The Labute approximate surface area is 84.9 Å². The van der Waals surface area contributed by atoms with Gasteiger partial charge in [-0.15, -0.1) is 0 Å². The minimum absolute atomic E-state index is 0.154. The summed E-state index contributed by atoms with van der Waals surface area (Å²) in [6.45, 7) is 0. The van der Waals surface area contributed by atoms with E-state index in [9.17, 15) is 9.59 Å². The Morgan fingerprint density at radius 2 is 2.07 bits per heavy atom. The molecule has 0 aliphatic rings. The number of hydrogen-bond donors (Lipinski definition) is 3. The summed E-state index contributed by atoms with van der Waals surface area (Å²) < 4.78 is 0. The number of nitrogens with two attached hydrogens (primary N) is 1. The highest BCUT2D eigenvalue weighted by atomic mass is 16.2. The fraction of sp³-hybridized carbons (Fsp3) is 0. The lowest BCUT2D eigenvalue weighted by atomic mass is 10.1. The van der Waals surface area contributed by atoms with Gasteiger partial charge in [-0.1, -0.05) is 18.2 Å². The van der Waals surface area contributed by atoms with Crippen LogP contribution in [-0.2, 0) is 0 Å². The summed E-state index contributed by atoms with van der Waals surface area (Å²) in [5, 5.41) is 1.26. The molecule has 1 aromatic heterocycles. The molecule has 0 saturated carbocycles. The molecule has 5 nitrogen and oxygen atoms in total. The quantitative estimate of drug-likeness (QED) is 0.349. The number of hydrazine groups is 1. The minimum Gasteiger partial charge on any atom is -0.317 e. The second-order valence-corrected chi connectivity index (χ2v) is 3.07. The Bertz CT molecular complexity index is 574. The number of aromatic nitrogens is 1. The number of amides is 1. The molecule has 1 aromatic carbocycles. The van der Waals surface area contributed by atoms with Crippen LogP contribution < -0.4 is 16.8 Å². The number of pyridine rings is 1. The van der Waals surface area contributed by atoms with Gasteiger partial charge in [0.05, 0.1) is 0 Å². The fourth-order valence-corrected chi connectivity index (χ4v) is 1.41. The van der Waals surface area contributed by atoms with E-state index in [2.05, 4.69) is 4.98 Å². The van der Waals surface area contributed by atoms with Crippen LogP contribution in [0.15, 0.2) is 35.1 Å². The lowest BCUT2D eigenvalue weighted by Gasteiger charge is -2.01. The van der Waals surface area contributed by atoms with Gasteiger partial charge in [0.1, 0.15) is 5.69 Å². The zero-order chi connectivity index (χ0) is 10.8. The molecule has 0 saturated heterocycles. The number of H-pyrrole nitrogens is 1. The maximum atomic E-state index is 11.5. The normalized spacial score (nSPS) is 10.2. The van der Waals surface area contributed by atoms with Crippen LogP contribution in [0.5, 0.6) is 0 Å². The van der Waals surface area contributed by atoms with Gasteiger partial charge in [-0.05, 0) is 17.5 Å². The first-order chi connectivity index (χ1) is 7.22. The maximum absolute atomic E-state index is 11.5. The number of carbonyl (C=O) groups is 1. The zero-order valence-corrected chi connectivity index (χ0v) is 7.78. The third kappa shape index (κ3) is 1.60. The SMILES string of the molecule is NNC(=O)c1cc2ccccc2c(=O)[nH]1. The first-order valence-corrected chi connectivity index (χ1v) is 4.35. The van der Waals surface area contributed by atoms with E-state index in [1.54, 1.807) is 30.3 Å². The molecule has 4 N–H and O–H groups in total. The summed E-state index contributed by atoms with van der Waals surface area (Å²) in [7, 11) is 0. The van der Waals surface area contributed by atoms with Crippen LogP contribution in [0.1, 0.15) is 10.5 Å². The molecule has 2 aromatic rings. The third-order valence-electron chi connectivity index (χ3n) is 2.13. The van der Waals surface area contributed by atoms with Gasteiger partial charge in [-0.25, -0.2) is 5.84 Å². The number of hydrogen-bond acceptors (Lipinski definition) is 3. The molecule has 2 rings (SSSR count). The number of carbonyl (C=O) groups excluding carboxylic acids is 1. The molecule has 0 bridgehead atoms. The van der Waals surface area contributed by atoms with Gasteiger partial charge in [0.25, 0.3) is 11.5 Å². The number of nitrogens with one attached hydrogen (secondary N) is 2. The van der Waals surface area contributed by atoms with Crippen molar-refractivity contribution in [2.45, 2.75) is 0 Å². The lowest BCUT2D eigenvalue weighted by molar-refractivity contribution is 0.0948. The van der Waals surface area contributed by atoms with Crippen LogP contribution in [0.25, 0.3) is 10.8 Å². The zero-order valence-electron chi connectivity index (χ0n) is 7.78. The lowest BCUT2D eigenvalue weighted by Crippen LogP contribution is -2.32. The molecule has 0 atom stereocenters. The molecule has 15 heavy (non-hydrogen) atoms. The van der Waals surface area contributed by atoms with Crippen LogP contribution in [0, 0.1) is 0 Å². The summed E-state index contributed by atoms with van der Waals surface area (Å²) in [6, 6.07) is 8.60. The summed E-state index contributed by atoms with van der Waals surface area (Å²) in [6.07, 6.45) is 0. The monoisotopic (exact) mass is 203 g/mol. The topological polar surface area (TPSA) is 88.0 Å². The summed E-state index contributed by atoms with van der Waals surface area (Å²) in [4.78, 5) is 25.2. The van der Waals surface area contributed by atoms with E-state index in [1.807, 2.05) is 5.43 Å². The highest BCUT2D eigenvalue weighted by Crippen LogP contribution is 2.09. The van der Waals surface area contributed by atoms with E-state index < -0.39 is 5.91 Å².